The smallest absolute Gasteiger partial charge is 0.323 e. The van der Waals surface area contributed by atoms with E-state index < -0.39 is 12.5 Å². The predicted octanol–water partition coefficient (Wildman–Crippen LogP) is 2.53. The second-order valence-electron chi connectivity index (χ2n) is 5.59. The van der Waals surface area contributed by atoms with Crippen LogP contribution in [0.3, 0.4) is 0 Å². The Hall–Kier alpha value is -2.37. The summed E-state index contributed by atoms with van der Waals surface area (Å²) in [6.45, 7) is 4.96. The summed E-state index contributed by atoms with van der Waals surface area (Å²) in [6, 6.07) is 8.65. The largest absolute Gasteiger partial charge is 0.480 e. The van der Waals surface area contributed by atoms with Gasteiger partial charge in [-0.1, -0.05) is 32.0 Å². The Morgan fingerprint density at radius 3 is 1.96 bits per heavy atom. The van der Waals surface area contributed by atoms with E-state index in [1.165, 1.54) is 4.90 Å². The molecule has 0 fully saturated rings. The first-order valence-corrected chi connectivity index (χ1v) is 8.34. The van der Waals surface area contributed by atoms with Gasteiger partial charge in [-0.3, -0.25) is 14.4 Å². The van der Waals surface area contributed by atoms with E-state index in [2.05, 4.69) is 0 Å². The summed E-state index contributed by atoms with van der Waals surface area (Å²) in [5.74, 6) is -1.50. The van der Waals surface area contributed by atoms with Crippen LogP contribution in [0.1, 0.15) is 39.5 Å². The summed E-state index contributed by atoms with van der Waals surface area (Å²) in [4.78, 5) is 38.7. The highest BCUT2D eigenvalue weighted by Crippen LogP contribution is 2.15. The zero-order chi connectivity index (χ0) is 17.9. The maximum absolute atomic E-state index is 12.4. The number of carbonyl (C=O) groups is 3. The van der Waals surface area contributed by atoms with Gasteiger partial charge in [0.1, 0.15) is 6.54 Å². The Bertz CT molecular complexity index is 539. The standard InChI is InChI=1S/C18H26N2O4/c1-3-12-19(13-4-2)16(21)10-11-17(22)20(14-18(23)24)15-8-6-5-7-9-15/h5-9H,3-4,10-14H2,1-2H3,(H,23,24). The number of hydrogen-bond donors (Lipinski definition) is 1. The van der Waals surface area contributed by atoms with Gasteiger partial charge < -0.3 is 14.9 Å². The van der Waals surface area contributed by atoms with Crippen molar-refractivity contribution in [3.63, 3.8) is 0 Å². The van der Waals surface area contributed by atoms with Crippen LogP contribution in [-0.2, 0) is 14.4 Å². The van der Waals surface area contributed by atoms with Crippen LogP contribution in [0.4, 0.5) is 5.69 Å². The number of para-hydroxylation sites is 1. The molecule has 0 aliphatic carbocycles. The minimum absolute atomic E-state index is 0.00490. The maximum atomic E-state index is 12.4. The van der Waals surface area contributed by atoms with Gasteiger partial charge >= 0.3 is 5.97 Å². The Labute approximate surface area is 143 Å². The van der Waals surface area contributed by atoms with Crippen LogP contribution in [0.15, 0.2) is 30.3 Å². The van der Waals surface area contributed by atoms with Gasteiger partial charge in [-0.2, -0.15) is 0 Å². The zero-order valence-corrected chi connectivity index (χ0v) is 14.4. The van der Waals surface area contributed by atoms with Crippen molar-refractivity contribution in [2.75, 3.05) is 24.5 Å². The quantitative estimate of drug-likeness (QED) is 0.713. The van der Waals surface area contributed by atoms with E-state index in [9.17, 15) is 14.4 Å². The topological polar surface area (TPSA) is 77.9 Å². The first-order chi connectivity index (χ1) is 11.5. The average molecular weight is 334 g/mol. The molecule has 1 rings (SSSR count). The Morgan fingerprint density at radius 1 is 0.917 bits per heavy atom. The van der Waals surface area contributed by atoms with E-state index in [1.54, 1.807) is 35.2 Å². The summed E-state index contributed by atoms with van der Waals surface area (Å²) in [5.41, 5.74) is 0.524. The molecule has 0 spiro atoms. The van der Waals surface area contributed by atoms with Crippen LogP contribution in [0, 0.1) is 0 Å². The molecule has 0 unspecified atom stereocenters. The Kier molecular flexibility index (Phi) is 8.54. The van der Waals surface area contributed by atoms with Crippen LogP contribution < -0.4 is 4.90 Å². The molecular formula is C18H26N2O4. The molecule has 132 valence electrons. The number of hydrogen-bond acceptors (Lipinski definition) is 3. The lowest BCUT2D eigenvalue weighted by atomic mass is 10.2. The molecule has 1 aromatic carbocycles. The first-order valence-electron chi connectivity index (χ1n) is 8.34. The molecule has 6 heteroatoms. The van der Waals surface area contributed by atoms with E-state index in [-0.39, 0.29) is 24.7 Å². The molecule has 0 aromatic heterocycles. The lowest BCUT2D eigenvalue weighted by Gasteiger charge is -2.23. The van der Waals surface area contributed by atoms with E-state index in [0.717, 1.165) is 12.8 Å². The third kappa shape index (κ3) is 6.40. The van der Waals surface area contributed by atoms with Gasteiger partial charge in [0.25, 0.3) is 0 Å². The second-order valence-corrected chi connectivity index (χ2v) is 5.59. The summed E-state index contributed by atoms with van der Waals surface area (Å²) in [6.07, 6.45) is 1.84. The van der Waals surface area contributed by atoms with Crippen molar-refractivity contribution in [2.45, 2.75) is 39.5 Å². The molecule has 0 heterocycles. The van der Waals surface area contributed by atoms with Gasteiger partial charge in [0, 0.05) is 31.6 Å². The molecule has 1 N–H and O–H groups in total. The molecule has 2 amide bonds. The highest BCUT2D eigenvalue weighted by atomic mass is 16.4. The highest BCUT2D eigenvalue weighted by Gasteiger charge is 2.21. The van der Waals surface area contributed by atoms with Crippen molar-refractivity contribution in [3.8, 4) is 0 Å². The molecule has 0 aliphatic heterocycles. The molecule has 0 bridgehead atoms. The number of aliphatic carboxylic acids is 1. The molecule has 0 aliphatic rings. The van der Waals surface area contributed by atoms with Crippen molar-refractivity contribution in [1.29, 1.82) is 0 Å². The summed E-state index contributed by atoms with van der Waals surface area (Å²) >= 11 is 0. The number of benzene rings is 1. The highest BCUT2D eigenvalue weighted by molar-refractivity contribution is 5.98. The van der Waals surface area contributed by atoms with Crippen LogP contribution in [0.25, 0.3) is 0 Å². The molecule has 1 aromatic rings. The zero-order valence-electron chi connectivity index (χ0n) is 14.4. The lowest BCUT2D eigenvalue weighted by Crippen LogP contribution is -2.37. The molecule has 24 heavy (non-hydrogen) atoms. The van der Waals surface area contributed by atoms with Crippen molar-refractivity contribution < 1.29 is 19.5 Å². The second kappa shape index (κ2) is 10.4. The number of nitrogens with zero attached hydrogens (tertiary/aromatic N) is 2. The average Bonchev–Trinajstić information content (AvgIpc) is 2.57. The minimum Gasteiger partial charge on any atom is -0.480 e. The lowest BCUT2D eigenvalue weighted by molar-refractivity contribution is -0.136. The monoisotopic (exact) mass is 334 g/mol. The number of rotatable bonds is 10. The third-order valence-corrected chi connectivity index (χ3v) is 3.55. The van der Waals surface area contributed by atoms with Gasteiger partial charge in [0.05, 0.1) is 0 Å². The van der Waals surface area contributed by atoms with Crippen LogP contribution in [0.2, 0.25) is 0 Å². The minimum atomic E-state index is -1.09. The number of carboxylic acid groups (broad SMARTS) is 1. The van der Waals surface area contributed by atoms with Crippen molar-refractivity contribution >= 4 is 23.5 Å². The summed E-state index contributed by atoms with van der Waals surface area (Å²) < 4.78 is 0. The van der Waals surface area contributed by atoms with Gasteiger partial charge in [-0.05, 0) is 25.0 Å². The fourth-order valence-corrected chi connectivity index (χ4v) is 2.47. The van der Waals surface area contributed by atoms with Crippen molar-refractivity contribution in [2.24, 2.45) is 0 Å². The predicted molar refractivity (Wildman–Crippen MR) is 92.8 cm³/mol. The van der Waals surface area contributed by atoms with E-state index >= 15 is 0 Å². The Balaban J connectivity index is 2.71. The molecule has 0 saturated carbocycles. The SMILES string of the molecule is CCCN(CCC)C(=O)CCC(=O)N(CC(=O)O)c1ccccc1. The normalized spacial score (nSPS) is 10.2. The number of anilines is 1. The van der Waals surface area contributed by atoms with Crippen LogP contribution in [-0.4, -0.2) is 47.4 Å². The maximum Gasteiger partial charge on any atom is 0.323 e. The Morgan fingerprint density at radius 2 is 1.46 bits per heavy atom. The van der Waals surface area contributed by atoms with Gasteiger partial charge in [-0.25, -0.2) is 0 Å². The molecular weight excluding hydrogens is 308 g/mol. The van der Waals surface area contributed by atoms with Crippen molar-refractivity contribution in [3.05, 3.63) is 30.3 Å². The summed E-state index contributed by atoms with van der Waals surface area (Å²) in [7, 11) is 0. The van der Waals surface area contributed by atoms with Crippen molar-refractivity contribution in [1.82, 2.24) is 4.90 Å². The number of carbonyl (C=O) groups excluding carboxylic acids is 2. The van der Waals surface area contributed by atoms with E-state index in [1.807, 2.05) is 13.8 Å². The number of amides is 2. The molecule has 0 radical (unpaired) electrons. The van der Waals surface area contributed by atoms with E-state index in [0.29, 0.717) is 18.8 Å². The van der Waals surface area contributed by atoms with Gasteiger partial charge in [-0.15, -0.1) is 0 Å². The molecule has 6 nitrogen and oxygen atoms in total. The first kappa shape index (κ1) is 19.7. The van der Waals surface area contributed by atoms with E-state index in [4.69, 9.17) is 5.11 Å². The number of carboxylic acids is 1. The molecule has 0 saturated heterocycles. The third-order valence-electron chi connectivity index (χ3n) is 3.55. The fourth-order valence-electron chi connectivity index (χ4n) is 2.47. The van der Waals surface area contributed by atoms with Crippen LogP contribution >= 0.6 is 0 Å². The van der Waals surface area contributed by atoms with Crippen LogP contribution in [0.5, 0.6) is 0 Å². The molecule has 0 atom stereocenters. The van der Waals surface area contributed by atoms with Gasteiger partial charge in [0.15, 0.2) is 0 Å². The fraction of sp³-hybridized carbons (Fsp3) is 0.500. The summed E-state index contributed by atoms with van der Waals surface area (Å²) in [5, 5.41) is 9.03. The van der Waals surface area contributed by atoms with Gasteiger partial charge in [0.2, 0.25) is 11.8 Å².